The number of allylic oxidation sites excluding steroid dienone is 2. The zero-order valence-electron chi connectivity index (χ0n) is 13.8. The number of aryl methyl sites for hydroxylation is 1. The van der Waals surface area contributed by atoms with Crippen molar-refractivity contribution >= 4 is 34.7 Å². The molecule has 5 heteroatoms. The molecule has 1 aliphatic rings. The highest BCUT2D eigenvalue weighted by Gasteiger charge is 2.34. The van der Waals surface area contributed by atoms with E-state index in [1.165, 1.54) is 4.90 Å². The zero-order chi connectivity index (χ0) is 17.6. The normalized spacial score (nSPS) is 16.2. The minimum absolute atomic E-state index is 0.162. The Hall–Kier alpha value is -2.79. The molecule has 2 aromatic rings. The van der Waals surface area contributed by atoms with Crippen molar-refractivity contribution in [3.8, 4) is 0 Å². The van der Waals surface area contributed by atoms with Crippen molar-refractivity contribution in [1.82, 2.24) is 4.90 Å². The van der Waals surface area contributed by atoms with Crippen LogP contribution in [0.15, 0.2) is 71.7 Å². The lowest BCUT2D eigenvalue weighted by molar-refractivity contribution is -0.122. The molecular weight excluding hydrogens is 332 g/mol. The maximum absolute atomic E-state index is 12.4. The fraction of sp³-hybridized carbons (Fsp3) is 0.100. The van der Waals surface area contributed by atoms with Gasteiger partial charge in [-0.15, -0.1) is 0 Å². The number of para-hydroxylation sites is 1. The number of nitrogens with one attached hydrogen (secondary N) is 1. The maximum Gasteiger partial charge on any atom is 0.295 e. The zero-order valence-corrected chi connectivity index (χ0v) is 14.6. The topological polar surface area (TPSA) is 49.4 Å². The lowest BCUT2D eigenvalue weighted by atomic mass is 10.2. The summed E-state index contributed by atoms with van der Waals surface area (Å²) in [6.45, 7) is 2.14. The number of carbonyl (C=O) groups is 2. The van der Waals surface area contributed by atoms with E-state index >= 15 is 0 Å². The van der Waals surface area contributed by atoms with E-state index in [-0.39, 0.29) is 17.8 Å². The van der Waals surface area contributed by atoms with Gasteiger partial charge in [0, 0.05) is 5.69 Å². The van der Waals surface area contributed by atoms with Gasteiger partial charge in [0.2, 0.25) is 0 Å². The maximum atomic E-state index is 12.4. The van der Waals surface area contributed by atoms with E-state index in [0.29, 0.717) is 4.91 Å². The highest BCUT2D eigenvalue weighted by molar-refractivity contribution is 8.18. The molecule has 1 aliphatic heterocycles. The summed E-state index contributed by atoms with van der Waals surface area (Å²) in [5.41, 5.74) is 3.02. The Morgan fingerprint density at radius 2 is 1.76 bits per heavy atom. The van der Waals surface area contributed by atoms with Crippen molar-refractivity contribution in [3.63, 3.8) is 0 Å². The molecule has 0 saturated carbocycles. The van der Waals surface area contributed by atoms with Crippen LogP contribution in [0.25, 0.3) is 6.08 Å². The molecule has 0 unspecified atom stereocenters. The van der Waals surface area contributed by atoms with Crippen molar-refractivity contribution in [3.05, 3.63) is 82.8 Å². The van der Waals surface area contributed by atoms with Crippen LogP contribution in [0, 0.1) is 6.92 Å². The van der Waals surface area contributed by atoms with Crippen molar-refractivity contribution in [2.45, 2.75) is 6.92 Å². The van der Waals surface area contributed by atoms with E-state index < -0.39 is 0 Å². The number of hydrogen-bond acceptors (Lipinski definition) is 4. The smallest absolute Gasteiger partial charge is 0.295 e. The Labute approximate surface area is 151 Å². The molecule has 0 aliphatic carbocycles. The molecule has 1 saturated heterocycles. The van der Waals surface area contributed by atoms with Crippen LogP contribution in [0.5, 0.6) is 0 Å². The fourth-order valence-corrected chi connectivity index (χ4v) is 3.19. The first kappa shape index (κ1) is 17.0. The first-order valence-electron chi connectivity index (χ1n) is 7.92. The molecule has 3 rings (SSSR count). The summed E-state index contributed by atoms with van der Waals surface area (Å²) in [4.78, 5) is 26.2. The van der Waals surface area contributed by atoms with Crippen LogP contribution in [-0.4, -0.2) is 22.7 Å². The molecule has 0 spiro atoms. The van der Waals surface area contributed by atoms with Crippen molar-refractivity contribution in [1.29, 1.82) is 0 Å². The van der Waals surface area contributed by atoms with Gasteiger partial charge >= 0.3 is 0 Å². The molecule has 0 bridgehead atoms. The van der Waals surface area contributed by atoms with E-state index in [1.54, 1.807) is 12.2 Å². The molecule has 1 N–H and O–H groups in total. The van der Waals surface area contributed by atoms with Crippen LogP contribution < -0.4 is 5.32 Å². The number of imide groups is 1. The average Bonchev–Trinajstić information content (AvgIpc) is 2.89. The molecule has 2 aromatic carbocycles. The molecular formula is C20H18N2O2S. The van der Waals surface area contributed by atoms with Gasteiger partial charge in [-0.05, 0) is 42.0 Å². The van der Waals surface area contributed by atoms with E-state index in [1.807, 2.05) is 67.6 Å². The number of rotatable bonds is 5. The first-order chi connectivity index (χ1) is 12.1. The van der Waals surface area contributed by atoms with Gasteiger partial charge in [0.1, 0.15) is 0 Å². The van der Waals surface area contributed by atoms with Gasteiger partial charge in [-0.25, -0.2) is 0 Å². The van der Waals surface area contributed by atoms with Crippen LogP contribution in [0.2, 0.25) is 0 Å². The Balaban J connectivity index is 1.65. The number of carbonyl (C=O) groups excluding carboxylic acids is 2. The van der Waals surface area contributed by atoms with E-state index in [2.05, 4.69) is 5.32 Å². The lowest BCUT2D eigenvalue weighted by Gasteiger charge is -2.15. The monoisotopic (exact) mass is 350 g/mol. The quantitative estimate of drug-likeness (QED) is 0.797. The summed E-state index contributed by atoms with van der Waals surface area (Å²) in [5, 5.41) is 2.89. The van der Waals surface area contributed by atoms with Crippen LogP contribution in [0.3, 0.4) is 0 Å². The van der Waals surface area contributed by atoms with Gasteiger partial charge in [0.05, 0.1) is 11.6 Å². The average molecular weight is 350 g/mol. The fourth-order valence-electron chi connectivity index (χ4n) is 2.40. The molecule has 0 aromatic heterocycles. The first-order valence-corrected chi connectivity index (χ1v) is 8.73. The standard InChI is InChI=1S/C20H18N2O2S/c1-15-8-5-6-12-17(15)21-14-22-19(23)18(25-20(22)24)13-7-11-16-9-3-2-4-10-16/h2-13,21H,14H2,1H3/b11-7+,18-13-. The number of benzene rings is 2. The largest absolute Gasteiger partial charge is 0.367 e. The van der Waals surface area contributed by atoms with Gasteiger partial charge in [0.15, 0.2) is 0 Å². The number of anilines is 1. The Morgan fingerprint density at radius 1 is 1.04 bits per heavy atom. The van der Waals surface area contributed by atoms with E-state index in [4.69, 9.17) is 0 Å². The second-order valence-electron chi connectivity index (χ2n) is 5.55. The predicted octanol–water partition coefficient (Wildman–Crippen LogP) is 4.66. The van der Waals surface area contributed by atoms with Crippen molar-refractivity contribution < 1.29 is 9.59 Å². The Morgan fingerprint density at radius 3 is 2.52 bits per heavy atom. The second-order valence-corrected chi connectivity index (χ2v) is 6.54. The predicted molar refractivity (Wildman–Crippen MR) is 103 cm³/mol. The third-order valence-corrected chi connectivity index (χ3v) is 4.71. The van der Waals surface area contributed by atoms with E-state index in [0.717, 1.165) is 28.6 Å². The highest BCUT2D eigenvalue weighted by Crippen LogP contribution is 2.30. The summed E-state index contributed by atoms with van der Waals surface area (Å²) < 4.78 is 0. The van der Waals surface area contributed by atoms with Crippen molar-refractivity contribution in [2.24, 2.45) is 0 Å². The van der Waals surface area contributed by atoms with Crippen LogP contribution in [-0.2, 0) is 4.79 Å². The van der Waals surface area contributed by atoms with Crippen molar-refractivity contribution in [2.75, 3.05) is 12.0 Å². The molecule has 4 nitrogen and oxygen atoms in total. The number of amides is 2. The Kier molecular flexibility index (Phi) is 5.36. The summed E-state index contributed by atoms with van der Waals surface area (Å²) >= 11 is 0.964. The minimum Gasteiger partial charge on any atom is -0.367 e. The minimum atomic E-state index is -0.270. The van der Waals surface area contributed by atoms with Gasteiger partial charge in [0.25, 0.3) is 11.1 Å². The van der Waals surface area contributed by atoms with E-state index in [9.17, 15) is 9.59 Å². The number of nitrogens with zero attached hydrogens (tertiary/aromatic N) is 1. The highest BCUT2D eigenvalue weighted by atomic mass is 32.2. The molecule has 1 heterocycles. The van der Waals surface area contributed by atoms with Crippen LogP contribution in [0.1, 0.15) is 11.1 Å². The molecule has 2 amide bonds. The molecule has 1 fully saturated rings. The van der Waals surface area contributed by atoms with Gasteiger partial charge < -0.3 is 5.32 Å². The summed E-state index contributed by atoms with van der Waals surface area (Å²) in [6.07, 6.45) is 5.38. The van der Waals surface area contributed by atoms with Gasteiger partial charge in [-0.3, -0.25) is 14.5 Å². The van der Waals surface area contributed by atoms with Gasteiger partial charge in [-0.1, -0.05) is 60.7 Å². The van der Waals surface area contributed by atoms with Crippen LogP contribution in [0.4, 0.5) is 10.5 Å². The number of hydrogen-bond donors (Lipinski definition) is 1. The summed E-state index contributed by atoms with van der Waals surface area (Å²) in [6, 6.07) is 17.6. The summed E-state index contributed by atoms with van der Waals surface area (Å²) in [5.74, 6) is -0.270. The third-order valence-electron chi connectivity index (χ3n) is 3.78. The second kappa shape index (κ2) is 7.85. The SMILES string of the molecule is Cc1ccccc1NCN1C(=O)S/C(=C\C=C\c2ccccc2)C1=O. The van der Waals surface area contributed by atoms with Gasteiger partial charge in [-0.2, -0.15) is 0 Å². The lowest BCUT2D eigenvalue weighted by Crippen LogP contribution is -2.33. The molecule has 0 atom stereocenters. The number of thioether (sulfide) groups is 1. The molecule has 0 radical (unpaired) electrons. The Bertz CT molecular complexity index is 844. The third kappa shape index (κ3) is 4.19. The molecule has 126 valence electrons. The molecule has 25 heavy (non-hydrogen) atoms. The summed E-state index contributed by atoms with van der Waals surface area (Å²) in [7, 11) is 0. The van der Waals surface area contributed by atoms with Crippen LogP contribution >= 0.6 is 11.8 Å².